The van der Waals surface area contributed by atoms with E-state index < -0.39 is 0 Å². The van der Waals surface area contributed by atoms with Crippen LogP contribution < -0.4 is 22.9 Å². The average Bonchev–Trinajstić information content (AvgIpc) is 3.09. The van der Waals surface area contributed by atoms with Crippen molar-refractivity contribution in [1.82, 2.24) is 14.0 Å². The third-order valence-electron chi connectivity index (χ3n) is 4.97. The van der Waals surface area contributed by atoms with Crippen molar-refractivity contribution in [3.8, 4) is 0 Å². The normalized spacial score (nSPS) is 15.7. The van der Waals surface area contributed by atoms with Crippen LogP contribution in [0.15, 0.2) is 41.5 Å². The van der Waals surface area contributed by atoms with Crippen molar-refractivity contribution in [1.29, 1.82) is 0 Å². The molecule has 0 aromatic carbocycles. The summed E-state index contributed by atoms with van der Waals surface area (Å²) in [5.41, 5.74) is 2.58. The van der Waals surface area contributed by atoms with Gasteiger partial charge in [-0.3, -0.25) is 9.20 Å². The van der Waals surface area contributed by atoms with Crippen molar-refractivity contribution in [3.63, 3.8) is 0 Å². The smallest absolute Gasteiger partial charge is 0.275 e. The summed E-state index contributed by atoms with van der Waals surface area (Å²) in [5, 5.41) is 0. The number of halogens is 1. The molecule has 3 aromatic rings. The topological polar surface area (TPSA) is 43.7 Å². The Hall–Kier alpha value is -1.85. The summed E-state index contributed by atoms with van der Waals surface area (Å²) >= 11 is 0. The van der Waals surface area contributed by atoms with Crippen LogP contribution in [0.25, 0.3) is 16.7 Å². The van der Waals surface area contributed by atoms with Crippen LogP contribution in [0.2, 0.25) is 0 Å². The van der Waals surface area contributed by atoms with Crippen LogP contribution in [0.5, 0.6) is 0 Å². The molecule has 0 radical (unpaired) electrons. The lowest BCUT2D eigenvalue weighted by Gasteiger charge is -2.23. The van der Waals surface area contributed by atoms with E-state index in [1.54, 1.807) is 11.1 Å². The van der Waals surface area contributed by atoms with Crippen molar-refractivity contribution < 1.29 is 17.3 Å². The molecule has 1 aliphatic rings. The number of aromatic nitrogens is 3. The molecule has 4 rings (SSSR count). The first-order valence-corrected chi connectivity index (χ1v) is 8.63. The lowest BCUT2D eigenvalue weighted by atomic mass is 10.1. The van der Waals surface area contributed by atoms with E-state index in [1.165, 1.54) is 32.4 Å². The molecule has 4 heterocycles. The van der Waals surface area contributed by atoms with Crippen LogP contribution in [0.1, 0.15) is 25.7 Å². The third kappa shape index (κ3) is 3.06. The minimum Gasteiger partial charge on any atom is -1.00 e. The van der Waals surface area contributed by atoms with Gasteiger partial charge in [0.25, 0.3) is 5.56 Å². The van der Waals surface area contributed by atoms with E-state index in [0.717, 1.165) is 30.7 Å². The Kier molecular flexibility index (Phi) is 5.21. The molecule has 0 saturated carbocycles. The lowest BCUT2D eigenvalue weighted by molar-refractivity contribution is -0.905. The first-order chi connectivity index (χ1) is 11.3. The van der Waals surface area contributed by atoms with Gasteiger partial charge < -0.3 is 21.9 Å². The van der Waals surface area contributed by atoms with Gasteiger partial charge in [0.15, 0.2) is 5.65 Å². The molecule has 1 saturated heterocycles. The number of piperidine rings is 1. The van der Waals surface area contributed by atoms with Crippen molar-refractivity contribution >= 4 is 16.7 Å². The van der Waals surface area contributed by atoms with Gasteiger partial charge in [0, 0.05) is 25.4 Å². The van der Waals surface area contributed by atoms with Crippen LogP contribution in [0.4, 0.5) is 0 Å². The van der Waals surface area contributed by atoms with Gasteiger partial charge in [-0.2, -0.15) is 0 Å². The molecule has 1 N–H and O–H groups in total. The maximum absolute atomic E-state index is 12.8. The Bertz CT molecular complexity index is 879. The van der Waals surface area contributed by atoms with E-state index in [1.807, 2.05) is 39.4 Å². The zero-order valence-electron chi connectivity index (χ0n) is 13.7. The zero-order chi connectivity index (χ0) is 15.6. The SMILES string of the molecule is O=c1c2cccn2c2ncccc2n1CCC[NH+]1CCCCC1.[Cl-]. The number of hydrogen-bond acceptors (Lipinski definition) is 2. The highest BCUT2D eigenvalue weighted by Gasteiger charge is 2.14. The number of likely N-dealkylation sites (tertiary alicyclic amines) is 1. The Morgan fingerprint density at radius 3 is 2.71 bits per heavy atom. The number of hydrogen-bond donors (Lipinski definition) is 1. The molecule has 5 nitrogen and oxygen atoms in total. The van der Waals surface area contributed by atoms with Crippen LogP contribution in [-0.2, 0) is 6.54 Å². The highest BCUT2D eigenvalue weighted by Crippen LogP contribution is 2.12. The second kappa shape index (κ2) is 7.36. The van der Waals surface area contributed by atoms with Gasteiger partial charge in [0.1, 0.15) is 5.52 Å². The fourth-order valence-electron chi connectivity index (χ4n) is 3.78. The Morgan fingerprint density at radius 1 is 1.08 bits per heavy atom. The van der Waals surface area contributed by atoms with Gasteiger partial charge in [0.05, 0.1) is 25.2 Å². The summed E-state index contributed by atoms with van der Waals surface area (Å²) in [6.45, 7) is 4.50. The molecule has 0 unspecified atom stereocenters. The number of nitrogens with zero attached hydrogens (tertiary/aromatic N) is 3. The third-order valence-corrected chi connectivity index (χ3v) is 4.97. The number of fused-ring (bicyclic) bond motifs is 3. The summed E-state index contributed by atoms with van der Waals surface area (Å²) in [6.07, 6.45) is 8.81. The fourth-order valence-corrected chi connectivity index (χ4v) is 3.78. The molecule has 3 aromatic heterocycles. The summed E-state index contributed by atoms with van der Waals surface area (Å²) < 4.78 is 3.80. The Balaban J connectivity index is 0.00000169. The zero-order valence-corrected chi connectivity index (χ0v) is 14.5. The second-order valence-corrected chi connectivity index (χ2v) is 6.48. The van der Waals surface area contributed by atoms with Crippen LogP contribution in [0.3, 0.4) is 0 Å². The van der Waals surface area contributed by atoms with Crippen LogP contribution in [-0.4, -0.2) is 33.6 Å². The van der Waals surface area contributed by atoms with Gasteiger partial charge in [-0.15, -0.1) is 0 Å². The predicted octanol–water partition coefficient (Wildman–Crippen LogP) is -1.89. The minimum atomic E-state index is 0. The first-order valence-electron chi connectivity index (χ1n) is 8.63. The Labute approximate surface area is 147 Å². The van der Waals surface area contributed by atoms with E-state index in [-0.39, 0.29) is 18.0 Å². The Morgan fingerprint density at radius 2 is 1.88 bits per heavy atom. The molecule has 0 spiro atoms. The molecular formula is C18H23ClN4O. The van der Waals surface area contributed by atoms with Crippen LogP contribution >= 0.6 is 0 Å². The maximum Gasteiger partial charge on any atom is 0.275 e. The van der Waals surface area contributed by atoms with E-state index in [4.69, 9.17) is 0 Å². The number of pyridine rings is 1. The molecule has 1 fully saturated rings. The molecule has 0 atom stereocenters. The number of aryl methyl sites for hydroxylation is 1. The summed E-state index contributed by atoms with van der Waals surface area (Å²) in [4.78, 5) is 19.0. The molecule has 1 aliphatic heterocycles. The fraction of sp³-hybridized carbons (Fsp3) is 0.444. The van der Waals surface area contributed by atoms with Crippen LogP contribution in [0, 0.1) is 0 Å². The quantitative estimate of drug-likeness (QED) is 0.600. The summed E-state index contributed by atoms with van der Waals surface area (Å²) in [7, 11) is 0. The summed E-state index contributed by atoms with van der Waals surface area (Å²) in [5.74, 6) is 0. The minimum absolute atomic E-state index is 0. The van der Waals surface area contributed by atoms with E-state index in [0.29, 0.717) is 5.52 Å². The highest BCUT2D eigenvalue weighted by molar-refractivity contribution is 5.74. The molecule has 0 bridgehead atoms. The van der Waals surface area contributed by atoms with E-state index in [2.05, 4.69) is 4.98 Å². The maximum atomic E-state index is 12.8. The molecule has 128 valence electrons. The summed E-state index contributed by atoms with van der Waals surface area (Å²) in [6, 6.07) is 7.69. The standard InChI is InChI=1S/C18H22N4O.ClH/c23-18-16-8-5-13-21(16)17-15(7-4-9-19-17)22(18)14-6-12-20-10-2-1-3-11-20;/h4-5,7-9,13H,1-3,6,10-12,14H2;1H. The van der Waals surface area contributed by atoms with Crippen molar-refractivity contribution in [2.75, 3.05) is 19.6 Å². The first kappa shape index (κ1) is 17.0. The number of rotatable bonds is 4. The van der Waals surface area contributed by atoms with Gasteiger partial charge >= 0.3 is 0 Å². The largest absolute Gasteiger partial charge is 1.00 e. The molecule has 6 heteroatoms. The molecular weight excluding hydrogens is 324 g/mol. The monoisotopic (exact) mass is 346 g/mol. The molecule has 0 aliphatic carbocycles. The van der Waals surface area contributed by atoms with Crippen molar-refractivity contribution in [2.24, 2.45) is 0 Å². The van der Waals surface area contributed by atoms with Gasteiger partial charge in [-0.25, -0.2) is 4.98 Å². The van der Waals surface area contributed by atoms with E-state index >= 15 is 0 Å². The average molecular weight is 347 g/mol. The second-order valence-electron chi connectivity index (χ2n) is 6.48. The van der Waals surface area contributed by atoms with Crippen molar-refractivity contribution in [3.05, 3.63) is 47.0 Å². The number of nitrogens with one attached hydrogen (secondary N) is 1. The highest BCUT2D eigenvalue weighted by atomic mass is 35.5. The predicted molar refractivity (Wildman–Crippen MR) is 91.0 cm³/mol. The molecule has 0 amide bonds. The van der Waals surface area contributed by atoms with Crippen molar-refractivity contribution in [2.45, 2.75) is 32.2 Å². The van der Waals surface area contributed by atoms with E-state index in [9.17, 15) is 4.79 Å². The lowest BCUT2D eigenvalue weighted by Crippen LogP contribution is -3.12. The number of quaternary nitrogens is 1. The van der Waals surface area contributed by atoms with Gasteiger partial charge in [-0.1, -0.05) is 0 Å². The molecule has 24 heavy (non-hydrogen) atoms. The van der Waals surface area contributed by atoms with Gasteiger partial charge in [0.2, 0.25) is 0 Å². The van der Waals surface area contributed by atoms with Gasteiger partial charge in [-0.05, 0) is 43.5 Å².